The summed E-state index contributed by atoms with van der Waals surface area (Å²) in [5, 5.41) is 0. The van der Waals surface area contributed by atoms with Crippen LogP contribution in [0.4, 0.5) is 0 Å². The van der Waals surface area contributed by atoms with Crippen LogP contribution in [0.5, 0.6) is 34.5 Å². The standard InChI is InChI=1S/C48H44I6O9S/c1-4-55-26-61-46-29(15-32(49)18-41(46)52)23-58-35-7-11-38(12-8-35)64-44-13-9-36(59-24-30-16-33(50)19-42(53)47(30)62-27-56-5-2)21-39(44)40-22-37(10-14-45(40)64)60-25-31-17-34(51)20-43(54)48(31)63-28-57-6-3/h7-22,64H,4-6,23-28H2,1-3H3. The quantitative estimate of drug-likeness (QED) is 0.0309. The van der Waals surface area contributed by atoms with Crippen molar-refractivity contribution in [3.63, 3.8) is 0 Å². The van der Waals surface area contributed by atoms with E-state index in [9.17, 15) is 0 Å². The second kappa shape index (κ2) is 24.8. The van der Waals surface area contributed by atoms with Gasteiger partial charge in [0.1, 0.15) is 54.3 Å². The molecule has 9 nitrogen and oxygen atoms in total. The fraction of sp³-hybridized carbons (Fsp3) is 0.250. The highest BCUT2D eigenvalue weighted by atomic mass is 127. The Morgan fingerprint density at radius 2 is 0.734 bits per heavy atom. The number of thiol groups is 1. The maximum absolute atomic E-state index is 6.56. The van der Waals surface area contributed by atoms with Crippen molar-refractivity contribution < 1.29 is 42.6 Å². The van der Waals surface area contributed by atoms with E-state index < -0.39 is 10.9 Å². The predicted molar refractivity (Wildman–Crippen MR) is 302 cm³/mol. The van der Waals surface area contributed by atoms with E-state index in [1.807, 2.05) is 20.8 Å². The second-order valence-electron chi connectivity index (χ2n) is 13.9. The molecule has 338 valence electrons. The Morgan fingerprint density at radius 1 is 0.391 bits per heavy atom. The van der Waals surface area contributed by atoms with Gasteiger partial charge in [0.2, 0.25) is 0 Å². The lowest BCUT2D eigenvalue weighted by Gasteiger charge is -2.20. The first-order valence-corrected chi connectivity index (χ1v) is 28.0. The van der Waals surface area contributed by atoms with Crippen LogP contribution in [0, 0.1) is 21.4 Å². The lowest BCUT2D eigenvalue weighted by molar-refractivity contribution is 0.0205. The van der Waals surface area contributed by atoms with Gasteiger partial charge in [-0.05, 0) is 269 Å². The maximum Gasteiger partial charge on any atom is 0.189 e. The van der Waals surface area contributed by atoms with Crippen LogP contribution in [0.15, 0.2) is 112 Å². The molecule has 0 spiro atoms. The summed E-state index contributed by atoms with van der Waals surface area (Å²) in [5.41, 5.74) is 5.12. The number of ether oxygens (including phenoxy) is 9. The van der Waals surface area contributed by atoms with Gasteiger partial charge in [-0.2, -0.15) is 10.9 Å². The van der Waals surface area contributed by atoms with Crippen molar-refractivity contribution in [2.75, 3.05) is 40.2 Å². The zero-order valence-electron chi connectivity index (χ0n) is 35.0. The zero-order chi connectivity index (χ0) is 45.2. The first kappa shape index (κ1) is 50.6. The van der Waals surface area contributed by atoms with Crippen molar-refractivity contribution in [2.45, 2.75) is 55.3 Å². The molecule has 0 aromatic heterocycles. The number of hydrogen-bond donors (Lipinski definition) is 1. The molecule has 0 saturated carbocycles. The van der Waals surface area contributed by atoms with E-state index in [2.05, 4.69) is 233 Å². The van der Waals surface area contributed by atoms with Gasteiger partial charge < -0.3 is 42.6 Å². The summed E-state index contributed by atoms with van der Waals surface area (Å²) in [7, 11) is -0.910. The summed E-state index contributed by atoms with van der Waals surface area (Å²) in [4.78, 5) is 3.70. The highest BCUT2D eigenvalue weighted by Gasteiger charge is 2.29. The SMILES string of the molecule is CCOCOc1c(I)cc(I)cc1COc1ccc([SH]2c3ccc(OCc4cc(I)cc(I)c4OCOCC)cc3-c3cc(OCc4cc(I)cc(I)c4OCOCC)ccc32)cc1. The average Bonchev–Trinajstić information content (AvgIpc) is 3.59. The van der Waals surface area contributed by atoms with Crippen LogP contribution < -0.4 is 28.4 Å². The molecule has 0 aliphatic carbocycles. The van der Waals surface area contributed by atoms with Crippen molar-refractivity contribution in [2.24, 2.45) is 0 Å². The minimum atomic E-state index is -0.910. The number of hydrogen-bond acceptors (Lipinski definition) is 9. The summed E-state index contributed by atoms with van der Waals surface area (Å²) in [6.45, 7) is 9.17. The van der Waals surface area contributed by atoms with Crippen LogP contribution in [0.3, 0.4) is 0 Å². The first-order chi connectivity index (χ1) is 31.1. The van der Waals surface area contributed by atoms with E-state index in [0.29, 0.717) is 39.6 Å². The first-order valence-electron chi connectivity index (χ1n) is 20.2. The third-order valence-corrected chi connectivity index (χ3v) is 16.5. The Labute approximate surface area is 459 Å². The minimum Gasteiger partial charge on any atom is -0.489 e. The predicted octanol–water partition coefficient (Wildman–Crippen LogP) is 14.6. The molecule has 0 amide bonds. The molecule has 1 aliphatic heterocycles. The molecular weight excluding hydrogens is 1510 g/mol. The van der Waals surface area contributed by atoms with Crippen molar-refractivity contribution in [1.82, 2.24) is 0 Å². The molecule has 0 bridgehead atoms. The molecule has 64 heavy (non-hydrogen) atoms. The van der Waals surface area contributed by atoms with Crippen molar-refractivity contribution in [3.05, 3.63) is 135 Å². The van der Waals surface area contributed by atoms with Gasteiger partial charge in [-0.25, -0.2) is 0 Å². The van der Waals surface area contributed by atoms with E-state index in [1.54, 1.807) is 0 Å². The van der Waals surface area contributed by atoms with Crippen LogP contribution in [0.25, 0.3) is 11.1 Å². The lowest BCUT2D eigenvalue weighted by Crippen LogP contribution is -2.07. The molecule has 6 aromatic rings. The molecule has 0 N–H and O–H groups in total. The van der Waals surface area contributed by atoms with Gasteiger partial charge in [0.25, 0.3) is 0 Å². The van der Waals surface area contributed by atoms with Crippen LogP contribution in [0.1, 0.15) is 37.5 Å². The zero-order valence-corrected chi connectivity index (χ0v) is 48.8. The van der Waals surface area contributed by atoms with E-state index in [4.69, 9.17) is 42.6 Å². The summed E-state index contributed by atoms with van der Waals surface area (Å²) in [6.07, 6.45) is 0. The topological polar surface area (TPSA) is 83.1 Å². The Morgan fingerprint density at radius 3 is 1.09 bits per heavy atom. The minimum absolute atomic E-state index is 0.178. The summed E-state index contributed by atoms with van der Waals surface area (Å²) >= 11 is 13.9. The average molecular weight is 1560 g/mol. The van der Waals surface area contributed by atoms with Gasteiger partial charge in [-0.15, -0.1) is 0 Å². The van der Waals surface area contributed by atoms with Gasteiger partial charge in [0.15, 0.2) is 20.4 Å². The molecule has 7 rings (SSSR count). The number of fused-ring (bicyclic) bond motifs is 3. The highest BCUT2D eigenvalue weighted by Crippen LogP contribution is 2.63. The smallest absolute Gasteiger partial charge is 0.189 e. The van der Waals surface area contributed by atoms with Crippen LogP contribution in [-0.2, 0) is 34.0 Å². The van der Waals surface area contributed by atoms with Crippen LogP contribution in [0.2, 0.25) is 0 Å². The molecule has 0 radical (unpaired) electrons. The molecule has 0 saturated heterocycles. The van der Waals surface area contributed by atoms with Crippen molar-refractivity contribution in [3.8, 4) is 45.6 Å². The van der Waals surface area contributed by atoms with Gasteiger partial charge in [0, 0.05) is 57.0 Å². The van der Waals surface area contributed by atoms with Crippen LogP contribution in [-0.4, -0.2) is 40.2 Å². The summed E-state index contributed by atoms with van der Waals surface area (Å²) in [6, 6.07) is 33.9. The van der Waals surface area contributed by atoms with Crippen LogP contribution >= 0.6 is 146 Å². The highest BCUT2D eigenvalue weighted by molar-refractivity contribution is 14.1. The molecule has 16 heteroatoms. The fourth-order valence-corrected chi connectivity index (χ4v) is 15.7. The van der Waals surface area contributed by atoms with Crippen molar-refractivity contribution >= 4 is 146 Å². The summed E-state index contributed by atoms with van der Waals surface area (Å²) in [5.74, 6) is 4.64. The Hall–Kier alpha value is -1.27. The maximum atomic E-state index is 6.56. The Balaban J connectivity index is 1.17. The normalized spacial score (nSPS) is 12.2. The summed E-state index contributed by atoms with van der Waals surface area (Å²) < 4.78 is 60.5. The molecule has 6 aromatic carbocycles. The van der Waals surface area contributed by atoms with E-state index in [-0.39, 0.29) is 20.4 Å². The molecular formula is C48H44I6O9S. The van der Waals surface area contributed by atoms with E-state index >= 15 is 0 Å². The molecule has 0 fully saturated rings. The molecule has 1 aliphatic rings. The molecule has 0 unspecified atom stereocenters. The number of halogens is 6. The fourth-order valence-electron chi connectivity index (χ4n) is 6.81. The van der Waals surface area contributed by atoms with Gasteiger partial charge in [-0.1, -0.05) is 0 Å². The number of benzene rings is 6. The molecule has 1 heterocycles. The Bertz CT molecular complexity index is 2440. The van der Waals surface area contributed by atoms with Gasteiger partial charge in [0.05, 0.1) is 10.7 Å². The lowest BCUT2D eigenvalue weighted by atomic mass is 10.1. The third-order valence-electron chi connectivity index (χ3n) is 9.71. The van der Waals surface area contributed by atoms with Crippen molar-refractivity contribution in [1.29, 1.82) is 0 Å². The largest absolute Gasteiger partial charge is 0.489 e. The van der Waals surface area contributed by atoms with E-state index in [0.717, 1.165) is 83.7 Å². The molecule has 0 atom stereocenters. The monoisotopic (exact) mass is 1560 g/mol. The Kier molecular flexibility index (Phi) is 19.6. The number of rotatable bonds is 22. The second-order valence-corrected chi connectivity index (χ2v) is 23.3. The van der Waals surface area contributed by atoms with Gasteiger partial charge >= 0.3 is 0 Å². The third kappa shape index (κ3) is 13.1. The van der Waals surface area contributed by atoms with E-state index in [1.165, 1.54) is 14.7 Å². The van der Waals surface area contributed by atoms with Gasteiger partial charge in [-0.3, -0.25) is 0 Å².